The summed E-state index contributed by atoms with van der Waals surface area (Å²) in [7, 11) is 0. The number of halogens is 2. The van der Waals surface area contributed by atoms with Crippen LogP contribution in [0.4, 0.5) is 21.8 Å². The second-order valence-corrected chi connectivity index (χ2v) is 7.63. The van der Waals surface area contributed by atoms with Crippen molar-refractivity contribution in [3.05, 3.63) is 41.6 Å². The fourth-order valence-corrected chi connectivity index (χ4v) is 3.65. The molecular weight excluding hydrogens is 427 g/mol. The molecule has 0 bridgehead atoms. The summed E-state index contributed by atoms with van der Waals surface area (Å²) in [5, 5.41) is 15.1. The maximum atomic E-state index is 13.4. The van der Waals surface area contributed by atoms with Crippen LogP contribution in [0, 0.1) is 5.82 Å². The molecule has 0 atom stereocenters. The Hall–Kier alpha value is -3.11. The number of fused-ring (bicyclic) bond motifs is 1. The van der Waals surface area contributed by atoms with Gasteiger partial charge in [-0.3, -0.25) is 0 Å². The van der Waals surface area contributed by atoms with Crippen molar-refractivity contribution in [2.75, 3.05) is 17.2 Å². The second-order valence-electron chi connectivity index (χ2n) is 7.23. The first-order chi connectivity index (χ1) is 15.0. The van der Waals surface area contributed by atoms with Gasteiger partial charge in [0.05, 0.1) is 17.3 Å². The molecule has 3 aromatic rings. The molecule has 9 nitrogen and oxygen atoms in total. The molecule has 3 N–H and O–H groups in total. The summed E-state index contributed by atoms with van der Waals surface area (Å²) < 4.78 is 18.8. The zero-order valence-corrected chi connectivity index (χ0v) is 17.1. The fraction of sp³-hybridized carbons (Fsp3) is 0.350. The molecule has 11 heteroatoms. The first kappa shape index (κ1) is 21.1. The average Bonchev–Trinajstić information content (AvgIpc) is 2.76. The first-order valence-electron chi connectivity index (χ1n) is 9.77. The number of aromatic nitrogens is 4. The van der Waals surface area contributed by atoms with Crippen molar-refractivity contribution in [2.45, 2.75) is 37.8 Å². The average molecular weight is 447 g/mol. The second kappa shape index (κ2) is 9.36. The van der Waals surface area contributed by atoms with Crippen molar-refractivity contribution in [3.63, 3.8) is 0 Å². The summed E-state index contributed by atoms with van der Waals surface area (Å²) >= 11 is 5.86. The molecule has 162 valence electrons. The zero-order valence-electron chi connectivity index (χ0n) is 16.4. The monoisotopic (exact) mass is 446 g/mol. The minimum atomic E-state index is -0.959. The number of rotatable bonds is 7. The van der Waals surface area contributed by atoms with Gasteiger partial charge in [0.1, 0.15) is 29.8 Å². The van der Waals surface area contributed by atoms with Gasteiger partial charge in [0.2, 0.25) is 5.95 Å². The molecule has 1 fully saturated rings. The third-order valence-electron chi connectivity index (χ3n) is 5.01. The summed E-state index contributed by atoms with van der Waals surface area (Å²) in [5.41, 5.74) is 1.64. The summed E-state index contributed by atoms with van der Waals surface area (Å²) in [4.78, 5) is 28.0. The van der Waals surface area contributed by atoms with E-state index in [9.17, 15) is 9.18 Å². The van der Waals surface area contributed by atoms with Gasteiger partial charge in [-0.25, -0.2) is 29.1 Å². The molecule has 0 aliphatic heterocycles. The Labute approximate surface area is 182 Å². The van der Waals surface area contributed by atoms with E-state index in [4.69, 9.17) is 21.4 Å². The van der Waals surface area contributed by atoms with E-state index < -0.39 is 11.8 Å². The Morgan fingerprint density at radius 1 is 1.23 bits per heavy atom. The predicted molar refractivity (Wildman–Crippen MR) is 113 cm³/mol. The molecule has 4 rings (SSSR count). The number of nitrogens with zero attached hydrogens (tertiary/aromatic N) is 4. The molecule has 0 radical (unpaired) electrons. The van der Waals surface area contributed by atoms with E-state index in [0.717, 1.165) is 25.7 Å². The van der Waals surface area contributed by atoms with E-state index in [0.29, 0.717) is 28.5 Å². The van der Waals surface area contributed by atoms with Gasteiger partial charge >= 0.3 is 5.97 Å². The van der Waals surface area contributed by atoms with Crippen LogP contribution in [0.25, 0.3) is 11.0 Å². The van der Waals surface area contributed by atoms with Gasteiger partial charge < -0.3 is 20.5 Å². The molecule has 0 saturated heterocycles. The van der Waals surface area contributed by atoms with Crippen LogP contribution < -0.4 is 10.6 Å². The molecule has 31 heavy (non-hydrogen) atoms. The minimum Gasteiger partial charge on any atom is -0.480 e. The van der Waals surface area contributed by atoms with Crippen LogP contribution in [0.5, 0.6) is 0 Å². The van der Waals surface area contributed by atoms with Crippen molar-refractivity contribution < 1.29 is 19.0 Å². The Morgan fingerprint density at radius 2 is 2.03 bits per heavy atom. The van der Waals surface area contributed by atoms with Crippen molar-refractivity contribution in [3.8, 4) is 0 Å². The van der Waals surface area contributed by atoms with Gasteiger partial charge in [-0.2, -0.15) is 0 Å². The van der Waals surface area contributed by atoms with Crippen LogP contribution in [0.15, 0.2) is 30.7 Å². The van der Waals surface area contributed by atoms with E-state index in [2.05, 4.69) is 30.6 Å². The largest absolute Gasteiger partial charge is 0.480 e. The number of anilines is 3. The maximum Gasteiger partial charge on any atom is 0.329 e. The Kier molecular flexibility index (Phi) is 6.38. The van der Waals surface area contributed by atoms with Crippen molar-refractivity contribution >= 4 is 46.1 Å². The quantitative estimate of drug-likeness (QED) is 0.497. The van der Waals surface area contributed by atoms with Gasteiger partial charge in [-0.05, 0) is 43.9 Å². The molecular formula is C20H20ClFN6O3. The number of hydrogen-bond acceptors (Lipinski definition) is 8. The van der Waals surface area contributed by atoms with Crippen LogP contribution in [0.1, 0.15) is 25.7 Å². The SMILES string of the molecule is O=C(O)COC1CCC(Nc2ncc3ncnc(Nc4ccc(F)c(Cl)c4)c3n2)CC1. The Morgan fingerprint density at radius 3 is 2.77 bits per heavy atom. The van der Waals surface area contributed by atoms with Gasteiger partial charge in [-0.1, -0.05) is 11.6 Å². The molecule has 1 aliphatic carbocycles. The van der Waals surface area contributed by atoms with Crippen LogP contribution in [-0.4, -0.2) is 49.8 Å². The highest BCUT2D eigenvalue weighted by Gasteiger charge is 2.23. The third-order valence-corrected chi connectivity index (χ3v) is 5.30. The van der Waals surface area contributed by atoms with E-state index in [1.54, 1.807) is 12.3 Å². The molecule has 1 aromatic carbocycles. The van der Waals surface area contributed by atoms with Crippen LogP contribution in [0.3, 0.4) is 0 Å². The highest BCUT2D eigenvalue weighted by atomic mass is 35.5. The fourth-order valence-electron chi connectivity index (χ4n) is 3.47. The number of ether oxygens (including phenoxy) is 1. The number of hydrogen-bond donors (Lipinski definition) is 3. The number of carboxylic acid groups (broad SMARTS) is 1. The van der Waals surface area contributed by atoms with Gasteiger partial charge in [-0.15, -0.1) is 0 Å². The molecule has 0 spiro atoms. The normalized spacial score (nSPS) is 18.6. The summed E-state index contributed by atoms with van der Waals surface area (Å²) in [6, 6.07) is 4.45. The van der Waals surface area contributed by atoms with E-state index in [1.165, 1.54) is 18.5 Å². The van der Waals surface area contributed by atoms with Gasteiger partial charge in [0, 0.05) is 11.7 Å². The first-order valence-corrected chi connectivity index (χ1v) is 10.2. The van der Waals surface area contributed by atoms with Crippen molar-refractivity contribution in [1.29, 1.82) is 0 Å². The summed E-state index contributed by atoms with van der Waals surface area (Å²) in [6.07, 6.45) is 6.12. The van der Waals surface area contributed by atoms with E-state index in [-0.39, 0.29) is 23.8 Å². The van der Waals surface area contributed by atoms with E-state index >= 15 is 0 Å². The predicted octanol–water partition coefficient (Wildman–Crippen LogP) is 3.78. The third kappa shape index (κ3) is 5.33. The topological polar surface area (TPSA) is 122 Å². The van der Waals surface area contributed by atoms with Gasteiger partial charge in [0.15, 0.2) is 5.82 Å². The van der Waals surface area contributed by atoms with Gasteiger partial charge in [0.25, 0.3) is 0 Å². The Bertz CT molecular complexity index is 1090. The van der Waals surface area contributed by atoms with Crippen LogP contribution >= 0.6 is 11.6 Å². The lowest BCUT2D eigenvalue weighted by molar-refractivity contribution is -0.145. The van der Waals surface area contributed by atoms with E-state index in [1.807, 2.05) is 0 Å². The number of nitrogens with one attached hydrogen (secondary N) is 2. The number of carbonyl (C=O) groups is 1. The smallest absolute Gasteiger partial charge is 0.329 e. The lowest BCUT2D eigenvalue weighted by atomic mass is 9.93. The van der Waals surface area contributed by atoms with Crippen LogP contribution in [0.2, 0.25) is 5.02 Å². The molecule has 2 heterocycles. The molecule has 1 aliphatic rings. The zero-order chi connectivity index (χ0) is 21.8. The van der Waals surface area contributed by atoms with Crippen molar-refractivity contribution in [2.24, 2.45) is 0 Å². The molecule has 1 saturated carbocycles. The summed E-state index contributed by atoms with van der Waals surface area (Å²) in [5.74, 6) is -0.572. The Balaban J connectivity index is 1.46. The molecule has 0 unspecified atom stereocenters. The lowest BCUT2D eigenvalue weighted by Crippen LogP contribution is -2.31. The number of carboxylic acids is 1. The maximum absolute atomic E-state index is 13.4. The number of aliphatic carboxylic acids is 1. The minimum absolute atomic E-state index is 0.00304. The molecule has 2 aromatic heterocycles. The highest BCUT2D eigenvalue weighted by Crippen LogP contribution is 2.27. The lowest BCUT2D eigenvalue weighted by Gasteiger charge is -2.28. The highest BCUT2D eigenvalue weighted by molar-refractivity contribution is 6.31. The number of benzene rings is 1. The van der Waals surface area contributed by atoms with Crippen LogP contribution in [-0.2, 0) is 9.53 Å². The summed E-state index contributed by atoms with van der Waals surface area (Å²) in [6.45, 7) is -0.272. The van der Waals surface area contributed by atoms with Crippen molar-refractivity contribution in [1.82, 2.24) is 19.9 Å². The standard InChI is InChI=1S/C20H20ClFN6O3/c21-14-7-12(3-6-15(14)22)26-19-18-16(24-10-25-19)8-23-20(28-18)27-11-1-4-13(5-2-11)31-9-17(29)30/h3,6-8,10-11,13H,1-2,4-5,9H2,(H,29,30)(H,23,27,28)(H,24,25,26). The molecule has 0 amide bonds.